The second-order valence-electron chi connectivity index (χ2n) is 17.4. The molecule has 0 aliphatic carbocycles. The van der Waals surface area contributed by atoms with E-state index in [-0.39, 0.29) is 42.5 Å². The van der Waals surface area contributed by atoms with Crippen molar-refractivity contribution in [3.8, 4) is 27.4 Å². The number of thiazole rings is 1. The minimum absolute atomic E-state index is 0.0862. The first kappa shape index (κ1) is 43.2. The molecule has 2 amide bonds. The van der Waals surface area contributed by atoms with Gasteiger partial charge < -0.3 is 40.1 Å². The lowest BCUT2D eigenvalue weighted by Crippen LogP contribution is -2.58. The summed E-state index contributed by atoms with van der Waals surface area (Å²) in [5.41, 5.74) is 8.01. The molecule has 3 aliphatic rings. The first-order valence-corrected chi connectivity index (χ1v) is 22.6. The maximum Gasteiger partial charge on any atom is 0.243 e. The van der Waals surface area contributed by atoms with Crippen LogP contribution in [0.2, 0.25) is 0 Å². The first-order valence-electron chi connectivity index (χ1n) is 21.8. The van der Waals surface area contributed by atoms with E-state index in [0.717, 1.165) is 91.1 Å². The van der Waals surface area contributed by atoms with Crippen LogP contribution in [0, 0.1) is 12.8 Å². The van der Waals surface area contributed by atoms with Crippen LogP contribution < -0.4 is 15.5 Å². The van der Waals surface area contributed by atoms with Crippen molar-refractivity contribution in [1.82, 2.24) is 40.4 Å². The van der Waals surface area contributed by atoms with E-state index in [1.807, 2.05) is 81.7 Å². The number of nitrogens with zero attached hydrogens (tertiary/aromatic N) is 8. The molecule has 62 heavy (non-hydrogen) atoms. The number of para-hydroxylation sites is 1. The predicted molar refractivity (Wildman–Crippen MR) is 240 cm³/mol. The molecular formula is C46H58N10O5S. The molecule has 0 spiro atoms. The van der Waals surface area contributed by atoms with E-state index in [1.165, 1.54) is 4.90 Å². The third kappa shape index (κ3) is 9.48. The molecule has 2 saturated heterocycles. The van der Waals surface area contributed by atoms with Crippen molar-refractivity contribution in [2.45, 2.75) is 77.1 Å². The van der Waals surface area contributed by atoms with Crippen molar-refractivity contribution >= 4 is 34.7 Å². The number of phenols is 1. The number of aliphatic hydroxyl groups is 1. The van der Waals surface area contributed by atoms with Crippen molar-refractivity contribution in [1.29, 1.82) is 0 Å². The number of aromatic nitrogens is 4. The zero-order valence-electron chi connectivity index (χ0n) is 36.2. The maximum absolute atomic E-state index is 14.2. The van der Waals surface area contributed by atoms with Crippen LogP contribution in [0.3, 0.4) is 0 Å². The van der Waals surface area contributed by atoms with Crippen molar-refractivity contribution in [2.24, 2.45) is 5.92 Å². The summed E-state index contributed by atoms with van der Waals surface area (Å²) in [6, 6.07) is 18.4. The Kier molecular flexibility index (Phi) is 13.2. The molecule has 328 valence electrons. The Bertz CT molecular complexity index is 2330. The van der Waals surface area contributed by atoms with Gasteiger partial charge in [0, 0.05) is 63.9 Å². The average Bonchev–Trinajstić information content (AvgIpc) is 4.02. The number of nitrogens with one attached hydrogen (secondary N) is 2. The van der Waals surface area contributed by atoms with Gasteiger partial charge in [0.1, 0.15) is 23.5 Å². The number of phenolic OH excluding ortho intramolecular Hbond substituents is 1. The Hall–Kier alpha value is -5.42. The maximum atomic E-state index is 14.2. The summed E-state index contributed by atoms with van der Waals surface area (Å²) < 4.78 is 5.83. The van der Waals surface area contributed by atoms with Gasteiger partial charge in [0.25, 0.3) is 0 Å². The third-order valence-electron chi connectivity index (χ3n) is 12.6. The number of β-amino-alcohol motifs (C(OH)–C–C–N with tert-alkyl or cyclic N) is 1. The van der Waals surface area contributed by atoms with Crippen LogP contribution in [-0.4, -0.2) is 135 Å². The van der Waals surface area contributed by atoms with Crippen LogP contribution in [0.5, 0.6) is 5.75 Å². The molecule has 0 radical (unpaired) electrons. The second kappa shape index (κ2) is 18.9. The van der Waals surface area contributed by atoms with Crippen molar-refractivity contribution in [2.75, 3.05) is 69.6 Å². The number of amides is 2. The fourth-order valence-electron chi connectivity index (χ4n) is 9.04. The van der Waals surface area contributed by atoms with Gasteiger partial charge in [-0.1, -0.05) is 55.4 Å². The number of aliphatic hydroxyl groups excluding tert-OH is 1. The van der Waals surface area contributed by atoms with E-state index < -0.39 is 18.1 Å². The normalized spacial score (nSPS) is 19.9. The Balaban J connectivity index is 0.803. The summed E-state index contributed by atoms with van der Waals surface area (Å²) in [6.45, 7) is 14.3. The third-order valence-corrected chi connectivity index (χ3v) is 13.5. The monoisotopic (exact) mass is 862 g/mol. The Morgan fingerprint density at radius 3 is 2.61 bits per heavy atom. The molecule has 1 unspecified atom stereocenters. The van der Waals surface area contributed by atoms with Gasteiger partial charge in [-0.3, -0.25) is 14.5 Å². The molecular weight excluding hydrogens is 805 g/mol. The van der Waals surface area contributed by atoms with Gasteiger partial charge in [-0.15, -0.1) is 21.5 Å². The number of fused-ring (bicyclic) bond motifs is 3. The van der Waals surface area contributed by atoms with E-state index in [1.54, 1.807) is 23.5 Å². The SMILES string of the molecule is Cc1ncsc1-c1ccc([C@H](C)NC(=O)[C@@H]2C[C@@H](O)CN2C(=O)C(c2cc(CCCN(C)CCN3CCN4c5cc(-c6ccccc6O)nnc5NC[C@H]4C3)no2)C(C)C)cc1. The topological polar surface area (TPSA) is 176 Å². The highest BCUT2D eigenvalue weighted by atomic mass is 32.1. The lowest BCUT2D eigenvalue weighted by molar-refractivity contribution is -0.141. The lowest BCUT2D eigenvalue weighted by atomic mass is 9.91. The van der Waals surface area contributed by atoms with Gasteiger partial charge in [0.05, 0.1) is 51.3 Å². The molecule has 5 atom stereocenters. The zero-order valence-corrected chi connectivity index (χ0v) is 37.0. The number of carbonyl (C=O) groups is 2. The highest BCUT2D eigenvalue weighted by Gasteiger charge is 2.43. The number of anilines is 2. The van der Waals surface area contributed by atoms with E-state index in [0.29, 0.717) is 29.5 Å². The molecule has 3 aliphatic heterocycles. The van der Waals surface area contributed by atoms with Crippen LogP contribution >= 0.6 is 11.3 Å². The summed E-state index contributed by atoms with van der Waals surface area (Å²) >= 11 is 1.60. The fraction of sp³-hybridized carbons (Fsp3) is 0.478. The van der Waals surface area contributed by atoms with Gasteiger partial charge in [0.15, 0.2) is 5.82 Å². The molecule has 6 heterocycles. The minimum atomic E-state index is -0.797. The van der Waals surface area contributed by atoms with E-state index in [2.05, 4.69) is 52.7 Å². The van der Waals surface area contributed by atoms with E-state index in [9.17, 15) is 19.8 Å². The quantitative estimate of drug-likeness (QED) is 0.106. The largest absolute Gasteiger partial charge is 0.507 e. The number of rotatable bonds is 15. The summed E-state index contributed by atoms with van der Waals surface area (Å²) in [4.78, 5) is 42.2. The van der Waals surface area contributed by atoms with Gasteiger partial charge >= 0.3 is 0 Å². The number of likely N-dealkylation sites (N-methyl/N-ethyl adjacent to an activating group) is 1. The van der Waals surface area contributed by atoms with Crippen LogP contribution in [0.15, 0.2) is 70.7 Å². The molecule has 0 bridgehead atoms. The van der Waals surface area contributed by atoms with Crippen molar-refractivity contribution < 1.29 is 24.3 Å². The van der Waals surface area contributed by atoms with Crippen LogP contribution in [0.4, 0.5) is 11.5 Å². The first-order chi connectivity index (χ1) is 29.9. The number of likely N-dealkylation sites (tertiary alicyclic amines) is 1. The molecule has 8 rings (SSSR count). The second-order valence-corrected chi connectivity index (χ2v) is 18.2. The Labute approximate surface area is 367 Å². The zero-order chi connectivity index (χ0) is 43.5. The fourth-order valence-corrected chi connectivity index (χ4v) is 9.85. The van der Waals surface area contributed by atoms with Gasteiger partial charge in [0.2, 0.25) is 11.8 Å². The highest BCUT2D eigenvalue weighted by Crippen LogP contribution is 2.37. The molecule has 3 aromatic heterocycles. The van der Waals surface area contributed by atoms with Crippen LogP contribution in [0.25, 0.3) is 21.7 Å². The number of hydrogen-bond donors (Lipinski definition) is 4. The molecule has 5 aromatic rings. The molecule has 15 nitrogen and oxygen atoms in total. The van der Waals surface area contributed by atoms with E-state index >= 15 is 0 Å². The lowest BCUT2D eigenvalue weighted by Gasteiger charge is -2.46. The molecule has 2 aromatic carbocycles. The minimum Gasteiger partial charge on any atom is -0.507 e. The van der Waals surface area contributed by atoms with Crippen LogP contribution in [-0.2, 0) is 16.0 Å². The number of aromatic hydroxyl groups is 1. The predicted octanol–water partition coefficient (Wildman–Crippen LogP) is 5.33. The highest BCUT2D eigenvalue weighted by molar-refractivity contribution is 7.13. The number of hydrogen-bond acceptors (Lipinski definition) is 14. The number of aryl methyl sites for hydroxylation is 2. The molecule has 4 N–H and O–H groups in total. The van der Waals surface area contributed by atoms with Crippen molar-refractivity contribution in [3.05, 3.63) is 88.9 Å². The van der Waals surface area contributed by atoms with Gasteiger partial charge in [-0.2, -0.15) is 0 Å². The summed E-state index contributed by atoms with van der Waals surface area (Å²) in [6.07, 6.45) is 0.969. The van der Waals surface area contributed by atoms with Gasteiger partial charge in [-0.05, 0) is 75.5 Å². The summed E-state index contributed by atoms with van der Waals surface area (Å²) in [5.74, 6) is 0.175. The van der Waals surface area contributed by atoms with Gasteiger partial charge in [-0.25, -0.2) is 4.98 Å². The number of piperazine rings is 1. The molecule has 16 heteroatoms. The molecule has 2 fully saturated rings. The number of benzene rings is 2. The van der Waals surface area contributed by atoms with Crippen LogP contribution in [0.1, 0.15) is 68.3 Å². The average molecular weight is 863 g/mol. The number of carbonyl (C=O) groups excluding carboxylic acids is 2. The Morgan fingerprint density at radius 1 is 1.05 bits per heavy atom. The standard InChI is InChI=1S/C46H58N10O5S/c1-28(2)42(46(60)56-26-35(57)22-39(56)45(59)49-29(3)31-12-14-32(15-13-31)43-30(4)48-27-62-43)41-21-33(52-61-41)9-8-16-53(5)17-18-54-19-20-55-34(25-54)24-47-44-38(55)23-37(50-51-44)36-10-6-7-11-40(36)58/h6-7,10-15,21,23,27-29,34-35,39,42,57-58H,8-9,16-20,22,24-26H2,1-5H3,(H,47,51)(H,49,59)/t29-,34-,35+,39-,42?/m0/s1. The Morgan fingerprint density at radius 2 is 1.85 bits per heavy atom. The molecule has 0 saturated carbocycles. The summed E-state index contributed by atoms with van der Waals surface area (Å²) in [5, 5.41) is 40.8. The van der Waals surface area contributed by atoms with E-state index in [4.69, 9.17) is 4.52 Å². The smallest absolute Gasteiger partial charge is 0.243 e. The summed E-state index contributed by atoms with van der Waals surface area (Å²) in [7, 11) is 2.15. The van der Waals surface area contributed by atoms with Crippen molar-refractivity contribution in [3.63, 3.8) is 0 Å².